The van der Waals surface area contributed by atoms with Crippen molar-refractivity contribution in [3.63, 3.8) is 0 Å². The van der Waals surface area contributed by atoms with E-state index in [-0.39, 0.29) is 18.9 Å². The van der Waals surface area contributed by atoms with E-state index in [1.807, 2.05) is 0 Å². The Morgan fingerprint density at radius 1 is 0.815 bits per heavy atom. The number of nitrogens with one attached hydrogen (secondary N) is 1. The molecule has 10 atom stereocenters. The maximum absolute atomic E-state index is 11.4. The number of hydrogen-bond acceptors (Lipinski definition) is 10. The summed E-state index contributed by atoms with van der Waals surface area (Å²) >= 11 is 0. The van der Waals surface area contributed by atoms with Gasteiger partial charge in [0.15, 0.2) is 12.6 Å². The van der Waals surface area contributed by atoms with Crippen LogP contribution < -0.4 is 5.32 Å². The monoisotopic (exact) mass is 395 g/mol. The van der Waals surface area contributed by atoms with E-state index < -0.39 is 61.4 Å². The quantitative estimate of drug-likeness (QED) is 0.239. The first-order valence-corrected chi connectivity index (χ1v) is 9.02. The molecule has 2 fully saturated rings. The van der Waals surface area contributed by atoms with Crippen molar-refractivity contribution in [1.29, 1.82) is 0 Å². The van der Waals surface area contributed by atoms with Gasteiger partial charge in [0.05, 0.1) is 6.10 Å². The Labute approximate surface area is 156 Å². The van der Waals surface area contributed by atoms with E-state index in [2.05, 4.69) is 5.32 Å². The summed E-state index contributed by atoms with van der Waals surface area (Å²) in [5.41, 5.74) is 0. The summed E-state index contributed by atoms with van der Waals surface area (Å²) in [7, 11) is 0. The molecule has 2 aliphatic rings. The molecule has 0 saturated carbocycles. The fourth-order valence-electron chi connectivity index (χ4n) is 3.04. The van der Waals surface area contributed by atoms with Gasteiger partial charge >= 0.3 is 0 Å². The fourth-order valence-corrected chi connectivity index (χ4v) is 3.04. The number of aliphatic hydroxyl groups is 6. The summed E-state index contributed by atoms with van der Waals surface area (Å²) in [4.78, 5) is 11.4. The van der Waals surface area contributed by atoms with Gasteiger partial charge < -0.3 is 50.2 Å². The second kappa shape index (κ2) is 9.54. The Balaban J connectivity index is 2.05. The number of aliphatic hydroxyl groups excluding tert-OH is 6. The predicted octanol–water partition coefficient (Wildman–Crippen LogP) is -3.45. The molecule has 1 amide bonds. The zero-order valence-corrected chi connectivity index (χ0v) is 15.2. The molecular weight excluding hydrogens is 366 g/mol. The van der Waals surface area contributed by atoms with Gasteiger partial charge in [0.1, 0.15) is 42.7 Å². The van der Waals surface area contributed by atoms with Crippen LogP contribution in [0.4, 0.5) is 0 Å². The van der Waals surface area contributed by atoms with Crippen molar-refractivity contribution in [2.24, 2.45) is 0 Å². The van der Waals surface area contributed by atoms with E-state index in [4.69, 9.17) is 14.2 Å². The van der Waals surface area contributed by atoms with Gasteiger partial charge in [-0.3, -0.25) is 4.79 Å². The summed E-state index contributed by atoms with van der Waals surface area (Å²) in [6.07, 6.45) is -13.6. The average molecular weight is 395 g/mol. The van der Waals surface area contributed by atoms with Gasteiger partial charge in [-0.2, -0.15) is 0 Å². The SMILES string of the molecule is CCC(=O)NCC1O[C@H](O[C@H]2OC(CC)[C@@H](O)C(O)[C@H]2O)C(O)[C@@H](O)[C@@H]1O. The summed E-state index contributed by atoms with van der Waals surface area (Å²) in [5, 5.41) is 62.5. The van der Waals surface area contributed by atoms with Crippen LogP contribution in [0, 0.1) is 0 Å². The largest absolute Gasteiger partial charge is 0.388 e. The second-order valence-electron chi connectivity index (χ2n) is 6.73. The van der Waals surface area contributed by atoms with E-state index in [0.717, 1.165) is 0 Å². The molecule has 2 heterocycles. The Kier molecular flexibility index (Phi) is 7.92. The van der Waals surface area contributed by atoms with E-state index in [9.17, 15) is 35.4 Å². The molecule has 2 aliphatic heterocycles. The van der Waals surface area contributed by atoms with Gasteiger partial charge in [-0.15, -0.1) is 0 Å². The second-order valence-corrected chi connectivity index (χ2v) is 6.73. The summed E-state index contributed by atoms with van der Waals surface area (Å²) < 4.78 is 16.2. The number of carbonyl (C=O) groups is 1. The third-order valence-corrected chi connectivity index (χ3v) is 4.83. The van der Waals surface area contributed by atoms with Gasteiger partial charge in [-0.25, -0.2) is 0 Å². The summed E-state index contributed by atoms with van der Waals surface area (Å²) in [6.45, 7) is 3.21. The van der Waals surface area contributed by atoms with Crippen LogP contribution in [0.2, 0.25) is 0 Å². The Morgan fingerprint density at radius 2 is 1.30 bits per heavy atom. The minimum Gasteiger partial charge on any atom is -0.388 e. The van der Waals surface area contributed by atoms with Crippen molar-refractivity contribution in [2.75, 3.05) is 6.54 Å². The van der Waals surface area contributed by atoms with Crippen molar-refractivity contribution < 1.29 is 49.6 Å². The maximum Gasteiger partial charge on any atom is 0.219 e. The Bertz CT molecular complexity index is 492. The fraction of sp³-hybridized carbons (Fsp3) is 0.938. The lowest BCUT2D eigenvalue weighted by Crippen LogP contribution is -2.64. The predicted molar refractivity (Wildman–Crippen MR) is 88.0 cm³/mol. The first-order valence-electron chi connectivity index (χ1n) is 9.02. The lowest BCUT2D eigenvalue weighted by atomic mass is 9.97. The highest BCUT2D eigenvalue weighted by molar-refractivity contribution is 5.75. The molecule has 4 unspecified atom stereocenters. The molecular formula is C16H29NO10. The molecule has 2 saturated heterocycles. The van der Waals surface area contributed by atoms with Crippen molar-refractivity contribution in [3.05, 3.63) is 0 Å². The average Bonchev–Trinajstić information content (AvgIpc) is 2.67. The smallest absolute Gasteiger partial charge is 0.219 e. The van der Waals surface area contributed by atoms with Crippen molar-refractivity contribution in [1.82, 2.24) is 5.32 Å². The Morgan fingerprint density at radius 3 is 1.78 bits per heavy atom. The highest BCUT2D eigenvalue weighted by Gasteiger charge is 2.49. The lowest BCUT2D eigenvalue weighted by molar-refractivity contribution is -0.373. The first-order chi connectivity index (χ1) is 12.7. The number of carbonyl (C=O) groups excluding carboxylic acids is 1. The molecule has 2 rings (SSSR count). The molecule has 0 aliphatic carbocycles. The maximum atomic E-state index is 11.4. The van der Waals surface area contributed by atoms with Crippen LogP contribution in [0.3, 0.4) is 0 Å². The number of rotatable bonds is 6. The van der Waals surface area contributed by atoms with Gasteiger partial charge in [-0.1, -0.05) is 13.8 Å². The van der Waals surface area contributed by atoms with Crippen LogP contribution >= 0.6 is 0 Å². The van der Waals surface area contributed by atoms with Gasteiger partial charge in [0, 0.05) is 13.0 Å². The summed E-state index contributed by atoms with van der Waals surface area (Å²) in [6, 6.07) is 0. The number of amides is 1. The third-order valence-electron chi connectivity index (χ3n) is 4.83. The van der Waals surface area contributed by atoms with Gasteiger partial charge in [-0.05, 0) is 6.42 Å². The van der Waals surface area contributed by atoms with Crippen LogP contribution in [0.25, 0.3) is 0 Å². The molecule has 0 radical (unpaired) electrons. The molecule has 27 heavy (non-hydrogen) atoms. The van der Waals surface area contributed by atoms with Crippen LogP contribution in [0.15, 0.2) is 0 Å². The zero-order valence-electron chi connectivity index (χ0n) is 15.2. The zero-order chi connectivity index (χ0) is 20.3. The lowest BCUT2D eigenvalue weighted by Gasteiger charge is -2.45. The molecule has 0 aromatic rings. The van der Waals surface area contributed by atoms with Crippen LogP contribution in [0.1, 0.15) is 26.7 Å². The van der Waals surface area contributed by atoms with Gasteiger partial charge in [0.25, 0.3) is 0 Å². The highest BCUT2D eigenvalue weighted by atomic mass is 16.8. The van der Waals surface area contributed by atoms with E-state index in [0.29, 0.717) is 6.42 Å². The van der Waals surface area contributed by atoms with Crippen molar-refractivity contribution in [2.45, 2.75) is 88.1 Å². The van der Waals surface area contributed by atoms with E-state index in [1.165, 1.54) is 0 Å². The molecule has 11 nitrogen and oxygen atoms in total. The van der Waals surface area contributed by atoms with Crippen LogP contribution in [0.5, 0.6) is 0 Å². The number of hydrogen-bond donors (Lipinski definition) is 7. The first kappa shape index (κ1) is 22.4. The topological polar surface area (TPSA) is 178 Å². The summed E-state index contributed by atoms with van der Waals surface area (Å²) in [5.74, 6) is -0.294. The molecule has 11 heteroatoms. The molecule has 0 spiro atoms. The molecule has 7 N–H and O–H groups in total. The standard InChI is InChI=1S/C16H29NO10/c1-3-6-9(19)11(21)13(23)15(25-6)27-16-14(24)12(22)10(20)7(26-16)5-17-8(18)4-2/h6-7,9-16,19-24H,3-5H2,1-2H3,(H,17,18)/t6?,7?,9-,10-,11?,12+,13-,14?,15-,16-/m1/s1. The third kappa shape index (κ3) is 4.94. The normalized spacial score (nSPS) is 45.5. The molecule has 0 aromatic heterocycles. The number of ether oxygens (including phenoxy) is 3. The molecule has 0 aromatic carbocycles. The molecule has 0 bridgehead atoms. The Hall–Kier alpha value is -0.890. The van der Waals surface area contributed by atoms with E-state index >= 15 is 0 Å². The molecule has 158 valence electrons. The highest BCUT2D eigenvalue weighted by Crippen LogP contribution is 2.28. The van der Waals surface area contributed by atoms with Crippen LogP contribution in [-0.4, -0.2) is 105 Å². The van der Waals surface area contributed by atoms with Crippen LogP contribution in [-0.2, 0) is 19.0 Å². The van der Waals surface area contributed by atoms with E-state index in [1.54, 1.807) is 13.8 Å². The van der Waals surface area contributed by atoms with Crippen molar-refractivity contribution >= 4 is 5.91 Å². The van der Waals surface area contributed by atoms with Gasteiger partial charge in [0.2, 0.25) is 5.91 Å². The minimum atomic E-state index is -1.67. The van der Waals surface area contributed by atoms with Crippen molar-refractivity contribution in [3.8, 4) is 0 Å². The minimum absolute atomic E-state index is 0.134.